The maximum Gasteiger partial charge on any atom is 0.0991 e. The third kappa shape index (κ3) is 4.22. The number of anilines is 6. The van der Waals surface area contributed by atoms with Gasteiger partial charge in [0.05, 0.1) is 46.0 Å². The highest BCUT2D eigenvalue weighted by Gasteiger charge is 2.39. The molecule has 0 aromatic heterocycles. The highest BCUT2D eigenvalue weighted by molar-refractivity contribution is 6.04. The molecule has 9 rings (SSSR count). The lowest BCUT2D eigenvalue weighted by atomic mass is 9.72. The van der Waals surface area contributed by atoms with Gasteiger partial charge in [-0.3, -0.25) is 0 Å². The van der Waals surface area contributed by atoms with E-state index in [2.05, 4.69) is 135 Å². The Morgan fingerprint density at radius 1 is 0.400 bits per heavy atom. The summed E-state index contributed by atoms with van der Waals surface area (Å²) < 4.78 is 0. The van der Waals surface area contributed by atoms with E-state index in [4.69, 9.17) is 0 Å². The van der Waals surface area contributed by atoms with E-state index in [9.17, 15) is 10.5 Å². The number of rotatable bonds is 2. The van der Waals surface area contributed by atoms with E-state index in [0.29, 0.717) is 11.1 Å². The molecular weight excluding hydrogens is 609 g/mol. The van der Waals surface area contributed by atoms with Crippen LogP contribution in [0.15, 0.2) is 133 Å². The lowest BCUT2D eigenvalue weighted by molar-refractivity contribution is 0.632. The van der Waals surface area contributed by atoms with Crippen molar-refractivity contribution >= 4 is 55.7 Å². The van der Waals surface area contributed by atoms with Crippen LogP contribution in [0.4, 0.5) is 34.1 Å². The van der Waals surface area contributed by atoms with E-state index < -0.39 is 0 Å². The zero-order valence-corrected chi connectivity index (χ0v) is 28.5. The highest BCUT2D eigenvalue weighted by Crippen LogP contribution is 2.55. The molecule has 0 atom stereocenters. The molecule has 7 aromatic carbocycles. The Morgan fingerprint density at radius 2 is 0.760 bits per heavy atom. The molecule has 4 heteroatoms. The fourth-order valence-corrected chi connectivity index (χ4v) is 8.32. The van der Waals surface area contributed by atoms with Gasteiger partial charge in [-0.1, -0.05) is 64.1 Å². The average Bonchev–Trinajstić information content (AvgIpc) is 3.14. The molecule has 0 saturated carbocycles. The Bertz CT molecular complexity index is 2430. The first-order chi connectivity index (χ1) is 24.2. The molecule has 0 spiro atoms. The van der Waals surface area contributed by atoms with Crippen LogP contribution in [-0.2, 0) is 10.8 Å². The molecule has 7 aromatic rings. The summed E-state index contributed by atoms with van der Waals surface area (Å²) in [4.78, 5) is 4.70. The van der Waals surface area contributed by atoms with Crippen molar-refractivity contribution in [3.05, 3.63) is 167 Å². The van der Waals surface area contributed by atoms with Crippen molar-refractivity contribution in [3.63, 3.8) is 0 Å². The maximum atomic E-state index is 9.50. The second-order valence-corrected chi connectivity index (χ2v) is 14.6. The zero-order chi connectivity index (χ0) is 34.4. The minimum Gasteiger partial charge on any atom is -0.310 e. The van der Waals surface area contributed by atoms with Gasteiger partial charge in [0.15, 0.2) is 0 Å². The van der Waals surface area contributed by atoms with Crippen LogP contribution in [0.3, 0.4) is 0 Å². The number of nitrogens with zero attached hydrogens (tertiary/aromatic N) is 4. The molecule has 0 aliphatic carbocycles. The summed E-state index contributed by atoms with van der Waals surface area (Å²) in [5.41, 5.74) is 12.6. The van der Waals surface area contributed by atoms with Crippen LogP contribution in [0.2, 0.25) is 0 Å². The van der Waals surface area contributed by atoms with Crippen molar-refractivity contribution in [1.82, 2.24) is 0 Å². The first kappa shape index (κ1) is 29.8. The molecule has 0 radical (unpaired) electrons. The van der Waals surface area contributed by atoms with Crippen molar-refractivity contribution in [3.8, 4) is 12.1 Å². The molecule has 0 N–H and O–H groups in total. The van der Waals surface area contributed by atoms with Crippen LogP contribution in [0, 0.1) is 22.7 Å². The fourth-order valence-electron chi connectivity index (χ4n) is 8.32. The second kappa shape index (κ2) is 10.6. The molecule has 0 unspecified atom stereocenters. The SMILES string of the molecule is CC1(C)c2ccccc2N(c2ccc(C#N)cc2)c2cc3cc4cc5c(cc4cc3cc21)N(c1ccc(C#N)cc1)c1ccccc1C5(C)C. The normalized spacial score (nSPS) is 15.0. The Morgan fingerprint density at radius 3 is 1.14 bits per heavy atom. The van der Waals surface area contributed by atoms with Crippen LogP contribution in [0.25, 0.3) is 21.5 Å². The van der Waals surface area contributed by atoms with Crippen LogP contribution < -0.4 is 9.80 Å². The standard InChI is InChI=1S/C46H34N4/c1-45(2)37-9-5-7-11-41(37)49(35-17-13-29(27-47)14-18-35)43-25-33-22-32-24-40-44(26-34(32)21-31(33)23-39(43)45)50(36-19-15-30(28-48)16-20-36)42-12-8-6-10-38(42)46(40,3)4/h5-26H,1-4H3. The van der Waals surface area contributed by atoms with Crippen molar-refractivity contribution in [2.75, 3.05) is 9.80 Å². The molecule has 0 amide bonds. The van der Waals surface area contributed by atoms with Gasteiger partial charge >= 0.3 is 0 Å². The number of para-hydroxylation sites is 2. The van der Waals surface area contributed by atoms with Crippen molar-refractivity contribution < 1.29 is 0 Å². The van der Waals surface area contributed by atoms with Gasteiger partial charge in [0.25, 0.3) is 0 Å². The molecule has 0 saturated heterocycles. The van der Waals surface area contributed by atoms with Gasteiger partial charge in [0.1, 0.15) is 0 Å². The molecule has 2 aliphatic heterocycles. The number of benzene rings is 7. The first-order valence-electron chi connectivity index (χ1n) is 17.1. The Balaban J connectivity index is 1.28. The predicted octanol–water partition coefficient (Wildman–Crippen LogP) is 12.0. The van der Waals surface area contributed by atoms with Crippen molar-refractivity contribution in [1.29, 1.82) is 10.5 Å². The summed E-state index contributed by atoms with van der Waals surface area (Å²) in [7, 11) is 0. The summed E-state index contributed by atoms with van der Waals surface area (Å²) in [6.45, 7) is 9.27. The summed E-state index contributed by atoms with van der Waals surface area (Å²) in [6.07, 6.45) is 0. The molecule has 2 heterocycles. The monoisotopic (exact) mass is 642 g/mol. The Labute approximate surface area is 292 Å². The van der Waals surface area contributed by atoms with Gasteiger partial charge in [-0.15, -0.1) is 0 Å². The van der Waals surface area contributed by atoms with E-state index in [1.54, 1.807) is 0 Å². The van der Waals surface area contributed by atoms with Gasteiger partial charge in [-0.25, -0.2) is 0 Å². The molecule has 0 fully saturated rings. The molecule has 238 valence electrons. The van der Waals surface area contributed by atoms with E-state index in [-0.39, 0.29) is 10.8 Å². The third-order valence-electron chi connectivity index (χ3n) is 11.0. The van der Waals surface area contributed by atoms with Crippen LogP contribution in [-0.4, -0.2) is 0 Å². The van der Waals surface area contributed by atoms with Gasteiger partial charge in [-0.05, 0) is 141 Å². The van der Waals surface area contributed by atoms with E-state index in [1.165, 1.54) is 43.8 Å². The molecule has 2 aliphatic rings. The third-order valence-corrected chi connectivity index (χ3v) is 11.0. The van der Waals surface area contributed by atoms with Crippen molar-refractivity contribution in [2.24, 2.45) is 0 Å². The largest absolute Gasteiger partial charge is 0.310 e. The van der Waals surface area contributed by atoms with Gasteiger partial charge in [0.2, 0.25) is 0 Å². The lowest BCUT2D eigenvalue weighted by Gasteiger charge is -2.42. The summed E-state index contributed by atoms with van der Waals surface area (Å²) in [5.74, 6) is 0. The quantitative estimate of drug-likeness (QED) is 0.176. The minimum atomic E-state index is -0.228. The lowest BCUT2D eigenvalue weighted by Crippen LogP contribution is -2.30. The Hall–Kier alpha value is -6.36. The predicted molar refractivity (Wildman–Crippen MR) is 205 cm³/mol. The van der Waals surface area contributed by atoms with Crippen molar-refractivity contribution in [2.45, 2.75) is 38.5 Å². The number of nitriles is 2. The summed E-state index contributed by atoms with van der Waals surface area (Å²) in [6, 6.07) is 51.8. The zero-order valence-electron chi connectivity index (χ0n) is 28.5. The molecule has 0 bridgehead atoms. The molecular formula is C46H34N4. The van der Waals surface area contributed by atoms with Crippen LogP contribution in [0.5, 0.6) is 0 Å². The molecule has 4 nitrogen and oxygen atoms in total. The van der Waals surface area contributed by atoms with Crippen LogP contribution in [0.1, 0.15) is 61.1 Å². The fraction of sp³-hybridized carbons (Fsp3) is 0.130. The number of hydrogen-bond donors (Lipinski definition) is 0. The second-order valence-electron chi connectivity index (χ2n) is 14.6. The van der Waals surface area contributed by atoms with Gasteiger partial charge in [-0.2, -0.15) is 10.5 Å². The van der Waals surface area contributed by atoms with Gasteiger partial charge in [0, 0.05) is 22.2 Å². The molecule has 50 heavy (non-hydrogen) atoms. The summed E-state index contributed by atoms with van der Waals surface area (Å²) in [5, 5.41) is 23.8. The first-order valence-corrected chi connectivity index (χ1v) is 17.1. The topological polar surface area (TPSA) is 54.1 Å². The minimum absolute atomic E-state index is 0.228. The smallest absolute Gasteiger partial charge is 0.0991 e. The van der Waals surface area contributed by atoms with Crippen LogP contribution >= 0.6 is 0 Å². The highest BCUT2D eigenvalue weighted by atomic mass is 15.2. The number of fused-ring (bicyclic) bond motifs is 6. The average molecular weight is 643 g/mol. The van der Waals surface area contributed by atoms with Gasteiger partial charge < -0.3 is 9.80 Å². The van der Waals surface area contributed by atoms with E-state index in [1.807, 2.05) is 48.5 Å². The number of hydrogen-bond acceptors (Lipinski definition) is 4. The van der Waals surface area contributed by atoms with E-state index in [0.717, 1.165) is 34.1 Å². The van der Waals surface area contributed by atoms with E-state index >= 15 is 0 Å². The maximum absolute atomic E-state index is 9.50. The summed E-state index contributed by atoms with van der Waals surface area (Å²) >= 11 is 0. The Kier molecular flexibility index (Phi) is 6.29.